The van der Waals surface area contributed by atoms with Gasteiger partial charge in [-0.2, -0.15) is 4.31 Å². The molecular formula is C15H23NO3S. The maximum atomic E-state index is 12.6. The van der Waals surface area contributed by atoms with Crippen LogP contribution in [0, 0.1) is 12.8 Å². The van der Waals surface area contributed by atoms with Gasteiger partial charge in [0.2, 0.25) is 10.0 Å². The first-order chi connectivity index (χ1) is 9.01. The lowest BCUT2D eigenvalue weighted by molar-refractivity contribution is -0.129. The number of rotatable bonds is 5. The Kier molecular flexibility index (Phi) is 4.77. The van der Waals surface area contributed by atoms with Crippen LogP contribution in [-0.2, 0) is 14.8 Å². The van der Waals surface area contributed by atoms with Crippen LogP contribution in [0.2, 0.25) is 0 Å². The summed E-state index contributed by atoms with van der Waals surface area (Å²) in [5.41, 5.74) is -0.0816. The highest BCUT2D eigenvalue weighted by atomic mass is 32.2. The van der Waals surface area contributed by atoms with Gasteiger partial charge in [0.1, 0.15) is 0 Å². The quantitative estimate of drug-likeness (QED) is 0.839. The second kappa shape index (κ2) is 5.66. The van der Waals surface area contributed by atoms with Crippen molar-refractivity contribution in [2.24, 2.45) is 5.92 Å². The molecule has 0 amide bonds. The lowest BCUT2D eigenvalue weighted by atomic mass is 9.91. The number of carbonyl (C=O) groups excluding carboxylic acids is 1. The lowest BCUT2D eigenvalue weighted by Crippen LogP contribution is -2.52. The molecule has 0 saturated carbocycles. The first-order valence-electron chi connectivity index (χ1n) is 6.61. The largest absolute Gasteiger partial charge is 0.297 e. The Bertz CT molecular complexity index is 586. The fraction of sp³-hybridized carbons (Fsp3) is 0.533. The summed E-state index contributed by atoms with van der Waals surface area (Å²) < 4.78 is 26.3. The van der Waals surface area contributed by atoms with Crippen LogP contribution in [0.15, 0.2) is 29.2 Å². The fourth-order valence-corrected chi connectivity index (χ4v) is 3.52. The molecule has 0 fully saturated rings. The zero-order chi connectivity index (χ0) is 15.7. The maximum Gasteiger partial charge on any atom is 0.243 e. The van der Waals surface area contributed by atoms with Gasteiger partial charge >= 0.3 is 0 Å². The minimum Gasteiger partial charge on any atom is -0.297 e. The summed E-state index contributed by atoms with van der Waals surface area (Å²) in [4.78, 5) is 12.4. The highest BCUT2D eigenvalue weighted by Crippen LogP contribution is 2.26. The molecule has 20 heavy (non-hydrogen) atoms. The fourth-order valence-electron chi connectivity index (χ4n) is 2.03. The van der Waals surface area contributed by atoms with Crippen LogP contribution < -0.4 is 0 Å². The zero-order valence-electron chi connectivity index (χ0n) is 13.0. The van der Waals surface area contributed by atoms with Gasteiger partial charge < -0.3 is 0 Å². The molecule has 5 heteroatoms. The average Bonchev–Trinajstić information content (AvgIpc) is 2.37. The Hall–Kier alpha value is -1.20. The summed E-state index contributed by atoms with van der Waals surface area (Å²) in [5.74, 6) is -0.323. The van der Waals surface area contributed by atoms with E-state index in [0.29, 0.717) is 0 Å². The third-order valence-electron chi connectivity index (χ3n) is 3.59. The number of aryl methyl sites for hydroxylation is 1. The van der Waals surface area contributed by atoms with Crippen LogP contribution in [0.5, 0.6) is 0 Å². The lowest BCUT2D eigenvalue weighted by Gasteiger charge is -2.34. The summed E-state index contributed by atoms with van der Waals surface area (Å²) in [6.07, 6.45) is 0. The van der Waals surface area contributed by atoms with Crippen molar-refractivity contribution in [1.29, 1.82) is 0 Å². The van der Waals surface area contributed by atoms with E-state index in [2.05, 4.69) is 0 Å². The van der Waals surface area contributed by atoms with Crippen molar-refractivity contribution in [2.45, 2.75) is 45.1 Å². The number of nitrogens with zero attached hydrogens (tertiary/aromatic N) is 1. The van der Waals surface area contributed by atoms with Gasteiger partial charge in [0.05, 0.1) is 10.4 Å². The van der Waals surface area contributed by atoms with Crippen molar-refractivity contribution in [2.75, 3.05) is 7.05 Å². The molecular weight excluding hydrogens is 274 g/mol. The molecule has 0 saturated heterocycles. The van der Waals surface area contributed by atoms with Crippen LogP contribution in [0.4, 0.5) is 0 Å². The number of hydrogen-bond acceptors (Lipinski definition) is 3. The zero-order valence-corrected chi connectivity index (χ0v) is 13.8. The average molecular weight is 297 g/mol. The highest BCUT2D eigenvalue weighted by Gasteiger charge is 2.40. The van der Waals surface area contributed by atoms with Crippen LogP contribution in [-0.4, -0.2) is 31.1 Å². The van der Waals surface area contributed by atoms with Crippen molar-refractivity contribution < 1.29 is 13.2 Å². The Morgan fingerprint density at radius 3 is 2.00 bits per heavy atom. The second-order valence-corrected chi connectivity index (χ2v) is 7.83. The summed E-state index contributed by atoms with van der Waals surface area (Å²) in [7, 11) is -2.23. The van der Waals surface area contributed by atoms with Gasteiger partial charge in [0, 0.05) is 13.0 Å². The predicted octanol–water partition coefficient (Wildman–Crippen LogP) is 2.62. The molecule has 0 aliphatic rings. The first kappa shape index (κ1) is 16.9. The number of sulfonamides is 1. The van der Waals surface area contributed by atoms with E-state index in [0.717, 1.165) is 9.87 Å². The van der Waals surface area contributed by atoms with Gasteiger partial charge in [-0.25, -0.2) is 8.42 Å². The molecule has 1 aromatic carbocycles. The van der Waals surface area contributed by atoms with Gasteiger partial charge in [-0.3, -0.25) is 4.79 Å². The maximum absolute atomic E-state index is 12.6. The number of benzene rings is 1. The summed E-state index contributed by atoms with van der Waals surface area (Å²) in [6, 6.07) is 6.63. The monoisotopic (exact) mass is 297 g/mol. The Balaban J connectivity index is 3.21. The molecule has 0 N–H and O–H groups in total. The number of Topliss-reactive ketones (excluding diaryl/α,β-unsaturated/α-hetero) is 1. The molecule has 4 nitrogen and oxygen atoms in total. The Labute approximate surface area is 121 Å². The topological polar surface area (TPSA) is 54.5 Å². The number of likely N-dealkylation sites (N-methyl/N-ethyl adjacent to an activating group) is 1. The van der Waals surface area contributed by atoms with E-state index < -0.39 is 15.6 Å². The van der Waals surface area contributed by atoms with Gasteiger partial charge in [0.25, 0.3) is 0 Å². The van der Waals surface area contributed by atoms with Gasteiger partial charge in [-0.15, -0.1) is 0 Å². The molecule has 0 aliphatic carbocycles. The van der Waals surface area contributed by atoms with E-state index in [-0.39, 0.29) is 16.6 Å². The highest BCUT2D eigenvalue weighted by molar-refractivity contribution is 7.89. The molecule has 1 rings (SSSR count). The van der Waals surface area contributed by atoms with Crippen LogP contribution in [0.1, 0.15) is 33.3 Å². The number of hydrogen-bond donors (Lipinski definition) is 0. The Morgan fingerprint density at radius 2 is 1.60 bits per heavy atom. The molecule has 0 spiro atoms. The van der Waals surface area contributed by atoms with E-state index in [9.17, 15) is 13.2 Å². The summed E-state index contributed by atoms with van der Waals surface area (Å²) >= 11 is 0. The van der Waals surface area contributed by atoms with Crippen LogP contribution in [0.3, 0.4) is 0 Å². The van der Waals surface area contributed by atoms with Crippen molar-refractivity contribution >= 4 is 15.8 Å². The number of ketones is 1. The van der Waals surface area contributed by atoms with Crippen molar-refractivity contribution in [3.05, 3.63) is 29.8 Å². The van der Waals surface area contributed by atoms with E-state index in [1.807, 2.05) is 6.92 Å². The molecule has 0 heterocycles. The van der Waals surface area contributed by atoms with Gasteiger partial charge in [0.15, 0.2) is 5.78 Å². The molecule has 0 atom stereocenters. The molecule has 1 aromatic rings. The van der Waals surface area contributed by atoms with Crippen LogP contribution in [0.25, 0.3) is 0 Å². The molecule has 0 bridgehead atoms. The van der Waals surface area contributed by atoms with E-state index in [1.165, 1.54) is 7.05 Å². The minimum atomic E-state index is -3.68. The van der Waals surface area contributed by atoms with E-state index >= 15 is 0 Å². The third-order valence-corrected chi connectivity index (χ3v) is 5.64. The molecule has 0 radical (unpaired) electrons. The van der Waals surface area contributed by atoms with E-state index in [1.54, 1.807) is 52.0 Å². The normalized spacial score (nSPS) is 13.0. The first-order valence-corrected chi connectivity index (χ1v) is 8.05. The molecule has 112 valence electrons. The molecule has 0 unspecified atom stereocenters. The second-order valence-electron chi connectivity index (χ2n) is 5.86. The summed E-state index contributed by atoms with van der Waals surface area (Å²) in [6.45, 7) is 8.72. The number of carbonyl (C=O) groups is 1. The standard InChI is InChI=1S/C15H23NO3S/c1-11(2)14(17)15(4,5)16(6)20(18,19)13-9-7-12(3)8-10-13/h7-11H,1-6H3. The third kappa shape index (κ3) is 3.10. The van der Waals surface area contributed by atoms with Gasteiger partial charge in [-0.1, -0.05) is 31.5 Å². The predicted molar refractivity (Wildman–Crippen MR) is 80.1 cm³/mol. The smallest absolute Gasteiger partial charge is 0.243 e. The summed E-state index contributed by atoms with van der Waals surface area (Å²) in [5, 5.41) is 0. The van der Waals surface area contributed by atoms with Crippen molar-refractivity contribution in [3.8, 4) is 0 Å². The minimum absolute atomic E-state index is 0.101. The van der Waals surface area contributed by atoms with E-state index in [4.69, 9.17) is 0 Å². The SMILES string of the molecule is Cc1ccc(S(=O)(=O)N(C)C(C)(C)C(=O)C(C)C)cc1. The van der Waals surface area contributed by atoms with Crippen molar-refractivity contribution in [1.82, 2.24) is 4.31 Å². The Morgan fingerprint density at radius 1 is 1.15 bits per heavy atom. The van der Waals surface area contributed by atoms with Crippen LogP contribution >= 0.6 is 0 Å². The molecule has 0 aromatic heterocycles. The van der Waals surface area contributed by atoms with Crippen molar-refractivity contribution in [3.63, 3.8) is 0 Å². The van der Waals surface area contributed by atoms with Gasteiger partial charge in [-0.05, 0) is 32.9 Å². The molecule has 0 aliphatic heterocycles.